The fourth-order valence-electron chi connectivity index (χ4n) is 2.77. The summed E-state index contributed by atoms with van der Waals surface area (Å²) in [6.07, 6.45) is 0.434. The predicted molar refractivity (Wildman–Crippen MR) is 113 cm³/mol. The average molecular weight is 418 g/mol. The van der Waals surface area contributed by atoms with Crippen LogP contribution in [0.5, 0.6) is 0 Å². The molecule has 0 fully saturated rings. The van der Waals surface area contributed by atoms with Crippen molar-refractivity contribution >= 4 is 45.9 Å². The summed E-state index contributed by atoms with van der Waals surface area (Å²) in [5, 5.41) is 13.6. The largest absolute Gasteiger partial charge is 0.396 e. The van der Waals surface area contributed by atoms with Crippen LogP contribution in [-0.2, 0) is 11.3 Å². The number of hydrogen-bond acceptors (Lipinski definition) is 5. The number of anilines is 1. The Morgan fingerprint density at radius 1 is 1.29 bits per heavy atom. The van der Waals surface area contributed by atoms with Crippen LogP contribution in [0.1, 0.15) is 12.0 Å². The SMILES string of the molecule is Cc1cc(Cl)ccc1NC(=O)CSc1nc2ccccc2c(=O)n1CCCO. The molecule has 0 aliphatic rings. The van der Waals surface area contributed by atoms with E-state index in [0.717, 1.165) is 5.56 Å². The lowest BCUT2D eigenvalue weighted by Crippen LogP contribution is -2.25. The van der Waals surface area contributed by atoms with Gasteiger partial charge in [0.2, 0.25) is 5.91 Å². The number of aliphatic hydroxyl groups is 1. The third-order valence-corrected chi connectivity index (χ3v) is 5.37. The smallest absolute Gasteiger partial charge is 0.262 e. The number of thioether (sulfide) groups is 1. The van der Waals surface area contributed by atoms with E-state index in [0.29, 0.717) is 39.7 Å². The van der Waals surface area contributed by atoms with Crippen LogP contribution in [0.4, 0.5) is 5.69 Å². The number of carbonyl (C=O) groups excluding carboxylic acids is 1. The number of rotatable bonds is 7. The molecule has 1 heterocycles. The number of amides is 1. The Labute approximate surface area is 171 Å². The molecule has 1 amide bonds. The van der Waals surface area contributed by atoms with Crippen LogP contribution in [0.15, 0.2) is 52.4 Å². The Balaban J connectivity index is 1.80. The topological polar surface area (TPSA) is 84.2 Å². The van der Waals surface area contributed by atoms with Gasteiger partial charge in [-0.25, -0.2) is 4.98 Å². The molecular weight excluding hydrogens is 398 g/mol. The number of nitrogens with zero attached hydrogens (tertiary/aromatic N) is 2. The third kappa shape index (κ3) is 4.73. The molecule has 2 N–H and O–H groups in total. The number of halogens is 1. The zero-order chi connectivity index (χ0) is 20.1. The van der Waals surface area contributed by atoms with Crippen molar-refractivity contribution in [2.45, 2.75) is 25.0 Å². The monoisotopic (exact) mass is 417 g/mol. The molecule has 3 rings (SSSR count). The van der Waals surface area contributed by atoms with Crippen molar-refractivity contribution in [3.8, 4) is 0 Å². The molecule has 8 heteroatoms. The number of benzene rings is 2. The van der Waals surface area contributed by atoms with Crippen LogP contribution < -0.4 is 10.9 Å². The third-order valence-electron chi connectivity index (χ3n) is 4.16. The average Bonchev–Trinajstić information content (AvgIpc) is 2.68. The first-order valence-electron chi connectivity index (χ1n) is 8.79. The highest BCUT2D eigenvalue weighted by molar-refractivity contribution is 7.99. The van der Waals surface area contributed by atoms with Crippen molar-refractivity contribution in [2.24, 2.45) is 0 Å². The molecule has 1 aromatic heterocycles. The molecule has 6 nitrogen and oxygen atoms in total. The molecule has 0 atom stereocenters. The van der Waals surface area contributed by atoms with E-state index in [-0.39, 0.29) is 23.8 Å². The second kappa shape index (κ2) is 9.23. The van der Waals surface area contributed by atoms with Gasteiger partial charge in [-0.1, -0.05) is 35.5 Å². The first-order chi connectivity index (χ1) is 13.5. The van der Waals surface area contributed by atoms with Gasteiger partial charge in [0, 0.05) is 23.9 Å². The van der Waals surface area contributed by atoms with E-state index in [1.165, 1.54) is 16.3 Å². The lowest BCUT2D eigenvalue weighted by atomic mass is 10.2. The summed E-state index contributed by atoms with van der Waals surface area (Å²) >= 11 is 7.14. The summed E-state index contributed by atoms with van der Waals surface area (Å²) in [6, 6.07) is 12.4. The zero-order valence-electron chi connectivity index (χ0n) is 15.3. The Morgan fingerprint density at radius 3 is 2.82 bits per heavy atom. The predicted octanol–water partition coefficient (Wildman–Crippen LogP) is 3.47. The van der Waals surface area contributed by atoms with Gasteiger partial charge in [0.05, 0.1) is 16.7 Å². The fourth-order valence-corrected chi connectivity index (χ4v) is 3.82. The quantitative estimate of drug-likeness (QED) is 0.454. The highest BCUT2D eigenvalue weighted by Gasteiger charge is 2.13. The van der Waals surface area contributed by atoms with Crippen LogP contribution in [0.25, 0.3) is 10.9 Å². The first kappa shape index (κ1) is 20.4. The van der Waals surface area contributed by atoms with Crippen molar-refractivity contribution in [2.75, 3.05) is 17.7 Å². The number of nitrogens with one attached hydrogen (secondary N) is 1. The summed E-state index contributed by atoms with van der Waals surface area (Å²) in [5.74, 6) is -0.0991. The minimum atomic E-state index is -0.202. The molecule has 2 aromatic carbocycles. The van der Waals surface area contributed by atoms with Gasteiger partial charge in [-0.05, 0) is 49.2 Å². The number of hydrogen-bond donors (Lipinski definition) is 2. The lowest BCUT2D eigenvalue weighted by Gasteiger charge is -2.13. The van der Waals surface area contributed by atoms with E-state index in [1.54, 1.807) is 36.4 Å². The maximum Gasteiger partial charge on any atom is 0.262 e. The molecule has 0 saturated carbocycles. The van der Waals surface area contributed by atoms with E-state index >= 15 is 0 Å². The first-order valence-corrected chi connectivity index (χ1v) is 10.1. The standard InChI is InChI=1S/C20H20ClN3O3S/c1-13-11-14(21)7-8-16(13)22-18(26)12-28-20-23-17-6-3-2-5-15(17)19(27)24(20)9-4-10-25/h2-3,5-8,11,25H,4,9-10,12H2,1H3,(H,22,26). The highest BCUT2D eigenvalue weighted by Crippen LogP contribution is 2.21. The molecule has 0 bridgehead atoms. The number of carbonyl (C=O) groups is 1. The van der Waals surface area contributed by atoms with Gasteiger partial charge >= 0.3 is 0 Å². The van der Waals surface area contributed by atoms with Gasteiger partial charge in [0.25, 0.3) is 5.56 Å². The summed E-state index contributed by atoms with van der Waals surface area (Å²) in [7, 11) is 0. The van der Waals surface area contributed by atoms with Crippen molar-refractivity contribution in [1.82, 2.24) is 9.55 Å². The number of aromatic nitrogens is 2. The van der Waals surface area contributed by atoms with E-state index in [2.05, 4.69) is 10.3 Å². The van der Waals surface area contributed by atoms with Gasteiger partial charge < -0.3 is 10.4 Å². The summed E-state index contributed by atoms with van der Waals surface area (Å²) in [4.78, 5) is 29.7. The zero-order valence-corrected chi connectivity index (χ0v) is 16.9. The molecule has 0 spiro atoms. The molecule has 146 valence electrons. The van der Waals surface area contributed by atoms with E-state index < -0.39 is 0 Å². The van der Waals surface area contributed by atoms with Crippen LogP contribution in [0.2, 0.25) is 5.02 Å². The maximum absolute atomic E-state index is 12.8. The lowest BCUT2D eigenvalue weighted by molar-refractivity contribution is -0.113. The van der Waals surface area contributed by atoms with E-state index in [4.69, 9.17) is 16.7 Å². The number of fused-ring (bicyclic) bond motifs is 1. The minimum absolute atomic E-state index is 0.0281. The molecule has 28 heavy (non-hydrogen) atoms. The van der Waals surface area contributed by atoms with Crippen molar-refractivity contribution in [3.63, 3.8) is 0 Å². The Kier molecular flexibility index (Phi) is 6.72. The molecule has 0 radical (unpaired) electrons. The van der Waals surface area contributed by atoms with Gasteiger partial charge in [0.15, 0.2) is 5.16 Å². The van der Waals surface area contributed by atoms with Crippen molar-refractivity contribution < 1.29 is 9.90 Å². The van der Waals surface area contributed by atoms with Crippen LogP contribution >= 0.6 is 23.4 Å². The normalized spacial score (nSPS) is 11.0. The van der Waals surface area contributed by atoms with Gasteiger partial charge in [-0.3, -0.25) is 14.2 Å². The minimum Gasteiger partial charge on any atom is -0.396 e. The van der Waals surface area contributed by atoms with Crippen molar-refractivity contribution in [1.29, 1.82) is 0 Å². The summed E-state index contributed by atoms with van der Waals surface area (Å²) < 4.78 is 1.52. The van der Waals surface area contributed by atoms with Crippen LogP contribution in [0, 0.1) is 6.92 Å². The molecule has 0 unspecified atom stereocenters. The highest BCUT2D eigenvalue weighted by atomic mass is 35.5. The molecule has 3 aromatic rings. The van der Waals surface area contributed by atoms with Crippen LogP contribution in [0.3, 0.4) is 0 Å². The Hall–Kier alpha value is -2.35. The summed E-state index contributed by atoms with van der Waals surface area (Å²) in [6.45, 7) is 2.18. The second-order valence-electron chi connectivity index (χ2n) is 6.24. The van der Waals surface area contributed by atoms with Gasteiger partial charge in [-0.15, -0.1) is 0 Å². The second-order valence-corrected chi connectivity index (χ2v) is 7.62. The number of para-hydroxylation sites is 1. The van der Waals surface area contributed by atoms with Gasteiger partial charge in [0.1, 0.15) is 0 Å². The van der Waals surface area contributed by atoms with Crippen LogP contribution in [-0.4, -0.2) is 32.9 Å². The molecule has 0 aliphatic heterocycles. The number of aryl methyl sites for hydroxylation is 1. The molecule has 0 saturated heterocycles. The fraction of sp³-hybridized carbons (Fsp3) is 0.250. The van der Waals surface area contributed by atoms with E-state index in [9.17, 15) is 9.59 Å². The maximum atomic E-state index is 12.8. The molecule has 0 aliphatic carbocycles. The molecular formula is C20H20ClN3O3S. The Morgan fingerprint density at radius 2 is 2.07 bits per heavy atom. The van der Waals surface area contributed by atoms with E-state index in [1.807, 2.05) is 13.0 Å². The van der Waals surface area contributed by atoms with Gasteiger partial charge in [-0.2, -0.15) is 0 Å². The summed E-state index contributed by atoms with van der Waals surface area (Å²) in [5.41, 5.74) is 1.98. The number of aliphatic hydroxyl groups excluding tert-OH is 1. The Bertz CT molecular complexity index is 1070. The van der Waals surface area contributed by atoms with Crippen molar-refractivity contribution in [3.05, 3.63) is 63.4 Å².